The fourth-order valence-corrected chi connectivity index (χ4v) is 6.77. The van der Waals surface area contributed by atoms with Gasteiger partial charge in [0.25, 0.3) is 0 Å². The van der Waals surface area contributed by atoms with E-state index in [0.717, 1.165) is 10.8 Å². The summed E-state index contributed by atoms with van der Waals surface area (Å²) in [5, 5.41) is 14.3. The molecule has 4 N–H and O–H groups in total. The van der Waals surface area contributed by atoms with E-state index in [2.05, 4.69) is 16.1 Å². The molecule has 0 aliphatic carbocycles. The van der Waals surface area contributed by atoms with Crippen LogP contribution in [0.5, 0.6) is 0 Å². The van der Waals surface area contributed by atoms with Gasteiger partial charge in [-0.3, -0.25) is 4.79 Å². The highest BCUT2D eigenvalue weighted by molar-refractivity contribution is 7.89. The van der Waals surface area contributed by atoms with Gasteiger partial charge in [0.2, 0.25) is 10.0 Å². The lowest BCUT2D eigenvalue weighted by Gasteiger charge is -2.35. The molecule has 216 valence electrons. The van der Waals surface area contributed by atoms with Gasteiger partial charge in [-0.25, -0.2) is 17.9 Å². The number of fused-ring (bicyclic) bond motifs is 1. The average molecular weight is 576 g/mol. The number of primary amides is 1. The molecule has 3 aromatic rings. The van der Waals surface area contributed by atoms with Crippen molar-refractivity contribution in [3.05, 3.63) is 77.9 Å². The first-order chi connectivity index (χ1) is 19.7. The van der Waals surface area contributed by atoms with Crippen molar-refractivity contribution in [3.8, 4) is 6.07 Å². The Kier molecular flexibility index (Phi) is 10.1. The van der Waals surface area contributed by atoms with Crippen LogP contribution in [-0.4, -0.2) is 56.9 Å². The molecule has 1 fully saturated rings. The largest absolute Gasteiger partial charge is 0.351 e. The van der Waals surface area contributed by atoms with Crippen LogP contribution in [0.1, 0.15) is 43.7 Å². The number of piperazine rings is 1. The summed E-state index contributed by atoms with van der Waals surface area (Å²) in [5.41, 5.74) is 6.70. The van der Waals surface area contributed by atoms with Crippen molar-refractivity contribution < 1.29 is 18.0 Å². The van der Waals surface area contributed by atoms with Gasteiger partial charge < -0.3 is 16.0 Å². The number of urea groups is 1. The van der Waals surface area contributed by atoms with Gasteiger partial charge in [0, 0.05) is 31.6 Å². The van der Waals surface area contributed by atoms with Crippen molar-refractivity contribution in [1.82, 2.24) is 14.9 Å². The number of nitrogens with two attached hydrogens (primary N) is 1. The first-order valence-electron chi connectivity index (χ1n) is 14.0. The molecular weight excluding hydrogens is 538 g/mol. The van der Waals surface area contributed by atoms with Crippen LogP contribution in [0.15, 0.2) is 71.6 Å². The predicted octanol–water partition coefficient (Wildman–Crippen LogP) is 3.72. The number of carbonyl (C=O) groups excluding carboxylic acids is 2. The molecule has 1 aliphatic heterocycles. The average Bonchev–Trinajstić information content (AvgIpc) is 2.98. The quantitative estimate of drug-likeness (QED) is 0.300. The number of amides is 2. The summed E-state index contributed by atoms with van der Waals surface area (Å²) in [6.45, 7) is 3.82. The van der Waals surface area contributed by atoms with Crippen molar-refractivity contribution in [2.75, 3.05) is 19.6 Å². The van der Waals surface area contributed by atoms with E-state index in [1.54, 1.807) is 47.4 Å². The molecule has 2 amide bonds. The molecular formula is C31H37N5O4S. The molecule has 4 rings (SSSR count). The molecule has 1 heterocycles. The smallest absolute Gasteiger partial charge is 0.315 e. The Morgan fingerprint density at radius 2 is 1.90 bits per heavy atom. The number of nitrogens with zero attached hydrogens (tertiary/aromatic N) is 2. The highest BCUT2D eigenvalue weighted by Crippen LogP contribution is 2.23. The third-order valence-electron chi connectivity index (χ3n) is 7.79. The number of sulfonamides is 1. The van der Waals surface area contributed by atoms with E-state index < -0.39 is 22.1 Å². The molecule has 0 bridgehead atoms. The summed E-state index contributed by atoms with van der Waals surface area (Å²) >= 11 is 0. The maximum Gasteiger partial charge on any atom is 0.315 e. The lowest BCUT2D eigenvalue weighted by molar-refractivity contribution is -0.124. The number of Topliss-reactive ketones (excluding diaryl/α,β-unsaturated/α-hetero) is 1. The minimum Gasteiger partial charge on any atom is -0.351 e. The number of carbonyl (C=O) groups is 2. The Hall–Kier alpha value is -3.78. The number of hydrogen-bond donors (Lipinski definition) is 3. The standard InChI is InChI=1S/C31H37N5O4S/c1-2-24(11-6-12-27-21-34-15-16-36(27)31(33)38)30(37)29(18-22-7-5-8-23(17-22)20-32)35-41(39,40)28-14-13-25-9-3-4-10-26(25)19-28/h3-5,7-10,13-14,17,19,24,27,29,34-35H,2,6,11-12,15-16,18,21H2,1H3,(H2,33,38)/t24?,27-,29?/m0/s1. The summed E-state index contributed by atoms with van der Waals surface area (Å²) in [6, 6.07) is 19.9. The number of rotatable bonds is 12. The second-order valence-electron chi connectivity index (χ2n) is 10.5. The van der Waals surface area contributed by atoms with E-state index in [9.17, 15) is 23.3 Å². The molecule has 1 saturated heterocycles. The molecule has 0 saturated carbocycles. The van der Waals surface area contributed by atoms with Crippen LogP contribution in [-0.2, 0) is 21.2 Å². The van der Waals surface area contributed by atoms with E-state index in [1.165, 1.54) is 0 Å². The maximum absolute atomic E-state index is 13.9. The lowest BCUT2D eigenvalue weighted by Crippen LogP contribution is -2.55. The predicted molar refractivity (Wildman–Crippen MR) is 159 cm³/mol. The zero-order valence-electron chi connectivity index (χ0n) is 23.3. The summed E-state index contributed by atoms with van der Waals surface area (Å²) in [4.78, 5) is 27.5. The summed E-state index contributed by atoms with van der Waals surface area (Å²) in [5.74, 6) is -0.565. The molecule has 3 atom stereocenters. The molecule has 3 aromatic carbocycles. The van der Waals surface area contributed by atoms with E-state index in [-0.39, 0.29) is 29.1 Å². The highest BCUT2D eigenvalue weighted by atomic mass is 32.2. The number of nitriles is 1. The van der Waals surface area contributed by atoms with Gasteiger partial charge in [-0.1, -0.05) is 55.8 Å². The Morgan fingerprint density at radius 3 is 2.63 bits per heavy atom. The summed E-state index contributed by atoms with van der Waals surface area (Å²) in [6.07, 6.45) is 2.62. The van der Waals surface area contributed by atoms with Crippen LogP contribution in [0.2, 0.25) is 0 Å². The summed E-state index contributed by atoms with van der Waals surface area (Å²) < 4.78 is 29.8. The van der Waals surface area contributed by atoms with Crippen LogP contribution >= 0.6 is 0 Å². The van der Waals surface area contributed by atoms with E-state index in [4.69, 9.17) is 5.73 Å². The van der Waals surface area contributed by atoms with Crippen LogP contribution < -0.4 is 15.8 Å². The van der Waals surface area contributed by atoms with Crippen molar-refractivity contribution >= 4 is 32.6 Å². The number of ketones is 1. The summed E-state index contributed by atoms with van der Waals surface area (Å²) in [7, 11) is -4.03. The topological polar surface area (TPSA) is 145 Å². The normalized spacial score (nSPS) is 17.1. The van der Waals surface area contributed by atoms with Crippen LogP contribution in [0, 0.1) is 17.2 Å². The molecule has 1 aliphatic rings. The molecule has 0 aromatic heterocycles. The Labute approximate surface area is 241 Å². The third kappa shape index (κ3) is 7.70. The van der Waals surface area contributed by atoms with Gasteiger partial charge in [0.15, 0.2) is 5.78 Å². The van der Waals surface area contributed by atoms with E-state index in [0.29, 0.717) is 56.4 Å². The zero-order valence-corrected chi connectivity index (χ0v) is 24.1. The first kappa shape index (κ1) is 30.2. The fraction of sp³-hybridized carbons (Fsp3) is 0.387. The SMILES string of the molecule is CCC(CCC[C@H]1CNCCN1C(N)=O)C(=O)C(Cc1cccc(C#N)c1)NS(=O)(=O)c1ccc2ccccc2c1. The monoisotopic (exact) mass is 575 g/mol. The second-order valence-corrected chi connectivity index (χ2v) is 12.2. The van der Waals surface area contributed by atoms with Crippen molar-refractivity contribution in [2.45, 2.75) is 56.0 Å². The zero-order chi connectivity index (χ0) is 29.4. The van der Waals surface area contributed by atoms with Gasteiger partial charge in [-0.15, -0.1) is 0 Å². The molecule has 2 unspecified atom stereocenters. The molecule has 10 heteroatoms. The number of hydrogen-bond acceptors (Lipinski definition) is 6. The van der Waals surface area contributed by atoms with Gasteiger partial charge in [0.05, 0.1) is 22.6 Å². The van der Waals surface area contributed by atoms with Crippen LogP contribution in [0.25, 0.3) is 10.8 Å². The van der Waals surface area contributed by atoms with Gasteiger partial charge in [-0.2, -0.15) is 5.26 Å². The molecule has 9 nitrogen and oxygen atoms in total. The van der Waals surface area contributed by atoms with Gasteiger partial charge in [-0.05, 0) is 66.3 Å². The van der Waals surface area contributed by atoms with Gasteiger partial charge in [0.1, 0.15) is 0 Å². The molecule has 41 heavy (non-hydrogen) atoms. The minimum atomic E-state index is -4.03. The van der Waals surface area contributed by atoms with Crippen LogP contribution in [0.3, 0.4) is 0 Å². The Bertz CT molecular complexity index is 1530. The minimum absolute atomic E-state index is 0.0372. The maximum atomic E-state index is 13.9. The number of nitrogens with one attached hydrogen (secondary N) is 2. The van der Waals surface area contributed by atoms with Crippen molar-refractivity contribution in [2.24, 2.45) is 11.7 Å². The second kappa shape index (κ2) is 13.7. The van der Waals surface area contributed by atoms with E-state index >= 15 is 0 Å². The van der Waals surface area contributed by atoms with Crippen LogP contribution in [0.4, 0.5) is 4.79 Å². The van der Waals surface area contributed by atoms with E-state index in [1.807, 2.05) is 31.2 Å². The lowest BCUT2D eigenvalue weighted by atomic mass is 9.87. The van der Waals surface area contributed by atoms with Crippen molar-refractivity contribution in [1.29, 1.82) is 5.26 Å². The van der Waals surface area contributed by atoms with Crippen molar-refractivity contribution in [3.63, 3.8) is 0 Å². The highest BCUT2D eigenvalue weighted by Gasteiger charge is 2.31. The van der Waals surface area contributed by atoms with Gasteiger partial charge >= 0.3 is 6.03 Å². The number of benzene rings is 3. The first-order valence-corrected chi connectivity index (χ1v) is 15.5. The Balaban J connectivity index is 1.54. The Morgan fingerprint density at radius 1 is 1.12 bits per heavy atom. The third-order valence-corrected chi connectivity index (χ3v) is 9.26. The molecule has 0 radical (unpaired) electrons. The fourth-order valence-electron chi connectivity index (χ4n) is 5.53. The molecule has 0 spiro atoms.